The molecule has 3 nitrogen and oxygen atoms in total. The molecule has 3 aromatic carbocycles. The third kappa shape index (κ3) is 3.09. The van der Waals surface area contributed by atoms with E-state index in [-0.39, 0.29) is 5.75 Å². The molecule has 0 saturated carbocycles. The third-order valence-corrected chi connectivity index (χ3v) is 4.00. The summed E-state index contributed by atoms with van der Waals surface area (Å²) in [4.78, 5) is 0. The Bertz CT molecular complexity index is 1110. The lowest BCUT2D eigenvalue weighted by molar-refractivity contribution is 0.384. The fraction of sp³-hybridized carbons (Fsp3) is 0.0476. The van der Waals surface area contributed by atoms with E-state index in [0.29, 0.717) is 11.1 Å². The summed E-state index contributed by atoms with van der Waals surface area (Å²) >= 11 is 0. The van der Waals surface area contributed by atoms with E-state index in [1.165, 1.54) is 12.1 Å². The van der Waals surface area contributed by atoms with Gasteiger partial charge in [0.2, 0.25) is 11.6 Å². The highest BCUT2D eigenvalue weighted by Crippen LogP contribution is 2.39. The van der Waals surface area contributed by atoms with Crippen molar-refractivity contribution < 1.29 is 17.9 Å². The summed E-state index contributed by atoms with van der Waals surface area (Å²) in [6.07, 6.45) is 0. The van der Waals surface area contributed by atoms with Gasteiger partial charge in [0.25, 0.3) is 0 Å². The molecule has 0 radical (unpaired) electrons. The zero-order valence-electron chi connectivity index (χ0n) is 14.1. The summed E-state index contributed by atoms with van der Waals surface area (Å²) in [5.41, 5.74) is -0.0723. The smallest absolute Gasteiger partial charge is 0.205 e. The lowest BCUT2D eigenvalue weighted by Crippen LogP contribution is -2.05. The van der Waals surface area contributed by atoms with Crippen molar-refractivity contribution in [3.8, 4) is 34.8 Å². The van der Waals surface area contributed by atoms with Crippen molar-refractivity contribution in [1.29, 1.82) is 10.5 Å². The molecule has 0 aliphatic carbocycles. The van der Waals surface area contributed by atoms with Gasteiger partial charge in [0.1, 0.15) is 29.0 Å². The second-order valence-corrected chi connectivity index (χ2v) is 5.66. The Labute approximate surface area is 153 Å². The van der Waals surface area contributed by atoms with E-state index in [1.807, 2.05) is 6.07 Å². The summed E-state index contributed by atoms with van der Waals surface area (Å²) in [6, 6.07) is 16.8. The first kappa shape index (κ1) is 18.0. The van der Waals surface area contributed by atoms with Crippen LogP contribution in [0.5, 0.6) is 11.5 Å². The first-order chi connectivity index (χ1) is 13.0. The van der Waals surface area contributed by atoms with Crippen LogP contribution in [0.15, 0.2) is 48.5 Å². The third-order valence-electron chi connectivity index (χ3n) is 4.00. The van der Waals surface area contributed by atoms with Crippen LogP contribution in [0.3, 0.4) is 0 Å². The van der Waals surface area contributed by atoms with Gasteiger partial charge in [-0.3, -0.25) is 0 Å². The lowest BCUT2D eigenvalue weighted by atomic mass is 10.0. The molecular weight excluding hydrogens is 353 g/mol. The molecule has 0 bridgehead atoms. The fourth-order valence-electron chi connectivity index (χ4n) is 2.67. The molecule has 3 rings (SSSR count). The molecule has 0 fully saturated rings. The van der Waals surface area contributed by atoms with E-state index in [4.69, 9.17) is 15.3 Å². The highest BCUT2D eigenvalue weighted by Gasteiger charge is 2.27. The van der Waals surface area contributed by atoms with Crippen molar-refractivity contribution in [2.75, 3.05) is 0 Å². The van der Waals surface area contributed by atoms with Gasteiger partial charge in [0.05, 0.1) is 0 Å². The van der Waals surface area contributed by atoms with Gasteiger partial charge in [-0.15, -0.1) is 0 Å². The number of hydrogen-bond donors (Lipinski definition) is 0. The van der Waals surface area contributed by atoms with E-state index in [9.17, 15) is 13.2 Å². The van der Waals surface area contributed by atoms with E-state index in [1.54, 1.807) is 49.4 Å². The maximum atomic E-state index is 14.6. The molecular formula is C21H11F3N2O. The molecule has 0 atom stereocenters. The van der Waals surface area contributed by atoms with Crippen LogP contribution in [-0.4, -0.2) is 0 Å². The lowest BCUT2D eigenvalue weighted by Gasteiger charge is -2.16. The molecule has 132 valence electrons. The van der Waals surface area contributed by atoms with Gasteiger partial charge >= 0.3 is 0 Å². The number of halogens is 3. The van der Waals surface area contributed by atoms with Gasteiger partial charge < -0.3 is 4.74 Å². The second-order valence-electron chi connectivity index (χ2n) is 5.66. The molecule has 3 aromatic rings. The number of para-hydroxylation sites is 1. The van der Waals surface area contributed by atoms with Crippen LogP contribution >= 0.6 is 0 Å². The molecule has 0 aliphatic heterocycles. The molecule has 0 heterocycles. The molecule has 0 amide bonds. The van der Waals surface area contributed by atoms with Crippen molar-refractivity contribution in [1.82, 2.24) is 0 Å². The Morgan fingerprint density at radius 3 is 2.00 bits per heavy atom. The Morgan fingerprint density at radius 2 is 1.37 bits per heavy atom. The Hall–Kier alpha value is -3.77. The van der Waals surface area contributed by atoms with Gasteiger partial charge in [-0.1, -0.05) is 48.5 Å². The molecule has 0 spiro atoms. The van der Waals surface area contributed by atoms with Crippen molar-refractivity contribution >= 4 is 0 Å². The Kier molecular flexibility index (Phi) is 4.83. The first-order valence-corrected chi connectivity index (χ1v) is 7.83. The van der Waals surface area contributed by atoms with Gasteiger partial charge in [-0.2, -0.15) is 14.9 Å². The Balaban J connectivity index is 2.23. The van der Waals surface area contributed by atoms with Crippen LogP contribution in [0.25, 0.3) is 11.1 Å². The van der Waals surface area contributed by atoms with Crippen molar-refractivity contribution in [2.45, 2.75) is 6.92 Å². The van der Waals surface area contributed by atoms with E-state index in [0.717, 1.165) is 5.56 Å². The second kappa shape index (κ2) is 7.23. The van der Waals surface area contributed by atoms with Gasteiger partial charge in [-0.25, -0.2) is 8.78 Å². The van der Waals surface area contributed by atoms with E-state index < -0.39 is 34.3 Å². The summed E-state index contributed by atoms with van der Waals surface area (Å²) in [6.45, 7) is 1.67. The van der Waals surface area contributed by atoms with Crippen molar-refractivity contribution in [3.63, 3.8) is 0 Å². The molecule has 0 aromatic heterocycles. The topological polar surface area (TPSA) is 56.8 Å². The first-order valence-electron chi connectivity index (χ1n) is 7.83. The summed E-state index contributed by atoms with van der Waals surface area (Å²) in [5, 5.41) is 17.9. The number of ether oxygens (including phenoxy) is 1. The monoisotopic (exact) mass is 364 g/mol. The summed E-state index contributed by atoms with van der Waals surface area (Å²) in [5.74, 6) is -5.65. The molecule has 27 heavy (non-hydrogen) atoms. The van der Waals surface area contributed by atoms with Crippen LogP contribution in [0, 0.1) is 47.0 Å². The largest absolute Gasteiger partial charge is 0.450 e. The molecule has 0 aliphatic rings. The van der Waals surface area contributed by atoms with Crippen molar-refractivity contribution in [2.24, 2.45) is 0 Å². The average Bonchev–Trinajstić information content (AvgIpc) is 2.69. The quantitative estimate of drug-likeness (QED) is 0.567. The molecule has 0 unspecified atom stereocenters. The SMILES string of the molecule is Cc1cccc(-c2ccccc2)c1Oc1c(F)c(F)c(C#N)c(C#N)c1F. The minimum Gasteiger partial charge on any atom is -0.450 e. The zero-order chi connectivity index (χ0) is 19.6. The molecule has 0 saturated heterocycles. The van der Waals surface area contributed by atoms with Crippen molar-refractivity contribution in [3.05, 3.63) is 82.7 Å². The fourth-order valence-corrected chi connectivity index (χ4v) is 2.67. The van der Waals surface area contributed by atoms with Crippen LogP contribution in [0.1, 0.15) is 16.7 Å². The minimum absolute atomic E-state index is 0.120. The zero-order valence-corrected chi connectivity index (χ0v) is 14.1. The van der Waals surface area contributed by atoms with Crippen LogP contribution in [0.4, 0.5) is 13.2 Å². The number of rotatable bonds is 3. The van der Waals surface area contributed by atoms with Gasteiger partial charge in [0, 0.05) is 5.56 Å². The van der Waals surface area contributed by atoms with Crippen LogP contribution in [0.2, 0.25) is 0 Å². The maximum absolute atomic E-state index is 14.6. The number of benzene rings is 3. The van der Waals surface area contributed by atoms with Gasteiger partial charge in [0.15, 0.2) is 11.6 Å². The molecule has 6 heteroatoms. The molecule has 0 N–H and O–H groups in total. The standard InChI is InChI=1S/C21H11F3N2O/c1-12-6-5-9-14(13-7-3-2-4-8-13)20(12)27-21-18(23)16(11-26)15(10-25)17(22)19(21)24/h2-9H,1H3. The van der Waals surface area contributed by atoms with Gasteiger partial charge in [-0.05, 0) is 18.1 Å². The predicted octanol–water partition coefficient (Wildman–Crippen LogP) is 5.61. The number of hydrogen-bond acceptors (Lipinski definition) is 3. The minimum atomic E-state index is -1.66. The Morgan fingerprint density at radius 1 is 0.741 bits per heavy atom. The predicted molar refractivity (Wildman–Crippen MR) is 92.4 cm³/mol. The summed E-state index contributed by atoms with van der Waals surface area (Å²) < 4.78 is 48.5. The highest BCUT2D eigenvalue weighted by molar-refractivity contribution is 5.72. The van der Waals surface area contributed by atoms with E-state index >= 15 is 0 Å². The number of nitrogens with zero attached hydrogens (tertiary/aromatic N) is 2. The summed E-state index contributed by atoms with van der Waals surface area (Å²) in [7, 11) is 0. The number of aryl methyl sites for hydroxylation is 1. The number of nitriles is 2. The highest BCUT2D eigenvalue weighted by atomic mass is 19.2. The van der Waals surface area contributed by atoms with E-state index in [2.05, 4.69) is 0 Å². The average molecular weight is 364 g/mol. The normalized spacial score (nSPS) is 10.1. The van der Waals surface area contributed by atoms with Crippen LogP contribution < -0.4 is 4.74 Å². The van der Waals surface area contributed by atoms with Crippen LogP contribution in [-0.2, 0) is 0 Å². The maximum Gasteiger partial charge on any atom is 0.205 e.